The number of hydrogen-bond acceptors (Lipinski definition) is 1. The summed E-state index contributed by atoms with van der Waals surface area (Å²) in [6.07, 6.45) is 13.4. The fourth-order valence-corrected chi connectivity index (χ4v) is 0.998. The Balaban J connectivity index is 3.23. The molecule has 0 heterocycles. The first kappa shape index (κ1) is 14.5. The van der Waals surface area contributed by atoms with Crippen molar-refractivity contribution in [2.45, 2.75) is 12.8 Å². The predicted octanol–water partition coefficient (Wildman–Crippen LogP) is 4.40. The third-order valence-electron chi connectivity index (χ3n) is 1.48. The maximum atomic E-state index is 5.35. The highest BCUT2D eigenvalue weighted by molar-refractivity contribution is 6.25. The van der Waals surface area contributed by atoms with E-state index in [9.17, 15) is 0 Å². The predicted molar refractivity (Wildman–Crippen MR) is 68.3 cm³/mol. The van der Waals surface area contributed by atoms with Crippen LogP contribution in [0.3, 0.4) is 0 Å². The Bertz CT molecular complexity index is 206. The van der Waals surface area contributed by atoms with E-state index in [-0.39, 0.29) is 0 Å². The molecule has 0 saturated heterocycles. The number of allylic oxidation sites excluding steroid dienone is 4. The average molecular weight is 247 g/mol. The highest BCUT2D eigenvalue weighted by atomic mass is 35.5. The molecule has 0 aliphatic carbocycles. The summed E-state index contributed by atoms with van der Waals surface area (Å²) in [5.74, 6) is 0. The van der Waals surface area contributed by atoms with Gasteiger partial charge < -0.3 is 4.74 Å². The number of ether oxygens (including phenoxy) is 1. The van der Waals surface area contributed by atoms with Crippen LogP contribution < -0.4 is 0 Å². The Morgan fingerprint density at radius 2 is 1.13 bits per heavy atom. The van der Waals surface area contributed by atoms with Crippen molar-refractivity contribution in [1.82, 2.24) is 0 Å². The molecule has 0 fully saturated rings. The molecular weight excluding hydrogens is 231 g/mol. The van der Waals surface area contributed by atoms with Crippen molar-refractivity contribution in [3.63, 3.8) is 0 Å². The highest BCUT2D eigenvalue weighted by Crippen LogP contribution is 1.90. The van der Waals surface area contributed by atoms with Gasteiger partial charge in [-0.05, 0) is 12.8 Å². The zero-order chi connectivity index (χ0) is 11.2. The van der Waals surface area contributed by atoms with E-state index in [4.69, 9.17) is 27.9 Å². The topological polar surface area (TPSA) is 9.23 Å². The normalized spacial score (nSPS) is 12.9. The monoisotopic (exact) mass is 246 g/mol. The van der Waals surface area contributed by atoms with Gasteiger partial charge in [0, 0.05) is 11.1 Å². The second-order valence-corrected chi connectivity index (χ2v) is 3.18. The van der Waals surface area contributed by atoms with Crippen LogP contribution in [0.4, 0.5) is 0 Å². The summed E-state index contributed by atoms with van der Waals surface area (Å²) >= 11 is 10.7. The van der Waals surface area contributed by atoms with Gasteiger partial charge >= 0.3 is 0 Å². The molecule has 0 atom stereocenters. The number of halogens is 2. The van der Waals surface area contributed by atoms with E-state index in [1.807, 2.05) is 36.5 Å². The lowest BCUT2D eigenvalue weighted by Crippen LogP contribution is -1.89. The third-order valence-corrected chi connectivity index (χ3v) is 1.84. The van der Waals surface area contributed by atoms with Gasteiger partial charge in [-0.2, -0.15) is 0 Å². The quantitative estimate of drug-likeness (QED) is 0.456. The van der Waals surface area contributed by atoms with Gasteiger partial charge in [0.2, 0.25) is 0 Å². The van der Waals surface area contributed by atoms with Crippen LogP contribution in [-0.2, 0) is 4.74 Å². The first-order chi connectivity index (χ1) is 7.41. The third kappa shape index (κ3) is 13.5. The molecule has 0 aromatic carbocycles. The van der Waals surface area contributed by atoms with Crippen LogP contribution in [0.15, 0.2) is 47.5 Å². The standard InChI is InChI=1S/C12H16Cl2O/c13-9-5-1-3-7-11-15-12-8-4-2-6-10-14/h3-10H,1-2,11-12H2. The summed E-state index contributed by atoms with van der Waals surface area (Å²) in [5.41, 5.74) is 3.02. The van der Waals surface area contributed by atoms with Gasteiger partial charge in [0.15, 0.2) is 0 Å². The molecule has 3 heteroatoms. The van der Waals surface area contributed by atoms with Crippen LogP contribution in [0.2, 0.25) is 0 Å². The van der Waals surface area contributed by atoms with E-state index in [1.54, 1.807) is 0 Å². The zero-order valence-electron chi connectivity index (χ0n) is 8.61. The molecule has 0 radical (unpaired) electrons. The molecule has 1 nitrogen and oxygen atoms in total. The molecule has 0 amide bonds. The summed E-state index contributed by atoms with van der Waals surface area (Å²) in [6, 6.07) is 0. The molecular formula is C12H16Cl2O. The van der Waals surface area contributed by atoms with Crippen molar-refractivity contribution in [2.24, 2.45) is 0 Å². The average Bonchev–Trinajstić information content (AvgIpc) is 2.26. The van der Waals surface area contributed by atoms with Crippen LogP contribution in [0, 0.1) is 0 Å². The molecule has 0 aliphatic heterocycles. The van der Waals surface area contributed by atoms with E-state index in [0.29, 0.717) is 13.2 Å². The van der Waals surface area contributed by atoms with Crippen molar-refractivity contribution in [1.29, 1.82) is 0 Å². The molecule has 0 saturated carbocycles. The van der Waals surface area contributed by atoms with Crippen molar-refractivity contribution >= 4 is 23.2 Å². The summed E-state index contributed by atoms with van der Waals surface area (Å²) in [6.45, 7) is 1.26. The summed E-state index contributed by atoms with van der Waals surface area (Å²) in [4.78, 5) is 0. The summed E-state index contributed by atoms with van der Waals surface area (Å²) in [7, 11) is 0. The van der Waals surface area contributed by atoms with Crippen LogP contribution in [0.1, 0.15) is 12.8 Å². The molecule has 0 aliphatic rings. The van der Waals surface area contributed by atoms with Crippen LogP contribution in [0.5, 0.6) is 0 Å². The first-order valence-corrected chi connectivity index (χ1v) is 5.67. The maximum Gasteiger partial charge on any atom is 0.0651 e. The molecule has 84 valence electrons. The minimum atomic E-state index is 0.631. The van der Waals surface area contributed by atoms with Crippen molar-refractivity contribution in [3.8, 4) is 0 Å². The van der Waals surface area contributed by atoms with Gasteiger partial charge in [0.25, 0.3) is 0 Å². The van der Waals surface area contributed by atoms with Gasteiger partial charge in [-0.3, -0.25) is 0 Å². The second kappa shape index (κ2) is 13.5. The van der Waals surface area contributed by atoms with Gasteiger partial charge in [-0.15, -0.1) is 0 Å². The van der Waals surface area contributed by atoms with Crippen molar-refractivity contribution < 1.29 is 4.74 Å². The SMILES string of the molecule is ClC=CCC=CCOCC=CCC=CCl. The summed E-state index contributed by atoms with van der Waals surface area (Å²) < 4.78 is 5.31. The first-order valence-electron chi connectivity index (χ1n) is 4.80. The minimum absolute atomic E-state index is 0.631. The Morgan fingerprint density at radius 3 is 1.53 bits per heavy atom. The lowest BCUT2D eigenvalue weighted by atomic mass is 10.4. The molecule has 0 rings (SSSR count). The molecule has 0 aromatic rings. The Morgan fingerprint density at radius 1 is 0.667 bits per heavy atom. The molecule has 0 spiro atoms. The molecule has 0 N–H and O–H groups in total. The number of rotatable bonds is 8. The minimum Gasteiger partial charge on any atom is -0.373 e. The smallest absolute Gasteiger partial charge is 0.0651 e. The lowest BCUT2D eigenvalue weighted by molar-refractivity contribution is 0.193. The Kier molecular flexibility index (Phi) is 13.1. The van der Waals surface area contributed by atoms with Gasteiger partial charge in [-0.25, -0.2) is 0 Å². The fraction of sp³-hybridized carbons (Fsp3) is 0.333. The van der Waals surface area contributed by atoms with E-state index >= 15 is 0 Å². The maximum absolute atomic E-state index is 5.35. The number of hydrogen-bond donors (Lipinski definition) is 0. The van der Waals surface area contributed by atoms with E-state index < -0.39 is 0 Å². The second-order valence-electron chi connectivity index (χ2n) is 2.68. The van der Waals surface area contributed by atoms with E-state index in [1.165, 1.54) is 11.1 Å². The van der Waals surface area contributed by atoms with Crippen molar-refractivity contribution in [2.75, 3.05) is 13.2 Å². The largest absolute Gasteiger partial charge is 0.373 e. The molecule has 15 heavy (non-hydrogen) atoms. The van der Waals surface area contributed by atoms with Crippen LogP contribution in [-0.4, -0.2) is 13.2 Å². The molecule has 0 aromatic heterocycles. The fourth-order valence-electron chi connectivity index (χ4n) is 0.793. The lowest BCUT2D eigenvalue weighted by Gasteiger charge is -1.93. The molecule has 0 bridgehead atoms. The zero-order valence-corrected chi connectivity index (χ0v) is 10.1. The van der Waals surface area contributed by atoms with Crippen LogP contribution in [0.25, 0.3) is 0 Å². The van der Waals surface area contributed by atoms with Crippen molar-refractivity contribution in [3.05, 3.63) is 47.5 Å². The van der Waals surface area contributed by atoms with Crippen LogP contribution >= 0.6 is 23.2 Å². The van der Waals surface area contributed by atoms with E-state index in [0.717, 1.165) is 12.8 Å². The summed E-state index contributed by atoms with van der Waals surface area (Å²) in [5, 5.41) is 0. The van der Waals surface area contributed by atoms with E-state index in [2.05, 4.69) is 0 Å². The van der Waals surface area contributed by atoms with Gasteiger partial charge in [0.05, 0.1) is 13.2 Å². The highest BCUT2D eigenvalue weighted by Gasteiger charge is 1.78. The van der Waals surface area contributed by atoms with Gasteiger partial charge in [0.1, 0.15) is 0 Å². The van der Waals surface area contributed by atoms with Gasteiger partial charge in [-0.1, -0.05) is 59.7 Å². The Labute approximate surface area is 102 Å². The molecule has 0 unspecified atom stereocenters. The Hall–Kier alpha value is -0.500.